The number of halogens is 1. The van der Waals surface area contributed by atoms with E-state index >= 15 is 0 Å². The van der Waals surface area contributed by atoms with E-state index < -0.39 is 0 Å². The van der Waals surface area contributed by atoms with Crippen LogP contribution in [0.3, 0.4) is 0 Å². The van der Waals surface area contributed by atoms with Crippen molar-refractivity contribution < 1.29 is 0 Å². The van der Waals surface area contributed by atoms with Crippen molar-refractivity contribution >= 4 is 29.1 Å². The zero-order chi connectivity index (χ0) is 12.0. The van der Waals surface area contributed by atoms with Gasteiger partial charge in [-0.15, -0.1) is 0 Å². The summed E-state index contributed by atoms with van der Waals surface area (Å²) in [7, 11) is 0. The van der Waals surface area contributed by atoms with Gasteiger partial charge in [0.05, 0.1) is 11.3 Å². The van der Waals surface area contributed by atoms with Crippen LogP contribution < -0.4 is 5.32 Å². The van der Waals surface area contributed by atoms with Crippen molar-refractivity contribution in [3.63, 3.8) is 0 Å². The van der Waals surface area contributed by atoms with Gasteiger partial charge in [-0.2, -0.15) is 17.0 Å². The fraction of sp³-hybridized carbons (Fsp3) is 0.417. The van der Waals surface area contributed by atoms with Gasteiger partial charge in [-0.1, -0.05) is 18.5 Å². The second-order valence-electron chi connectivity index (χ2n) is 3.74. The Morgan fingerprint density at radius 1 is 1.56 bits per heavy atom. The van der Waals surface area contributed by atoms with Gasteiger partial charge in [-0.25, -0.2) is 0 Å². The molecule has 0 saturated carbocycles. The standard InChI is InChI=1S/C12H15ClN2S/c1-9(8-16-2)7-15-12-4-3-11(13)5-10(12)6-14/h3-5,9,15H,7-8H2,1-2H3. The molecular formula is C12H15ClN2S. The number of benzene rings is 1. The van der Waals surface area contributed by atoms with Crippen molar-refractivity contribution in [2.45, 2.75) is 6.92 Å². The summed E-state index contributed by atoms with van der Waals surface area (Å²) < 4.78 is 0. The molecule has 86 valence electrons. The third-order valence-electron chi connectivity index (χ3n) is 2.19. The molecule has 16 heavy (non-hydrogen) atoms. The van der Waals surface area contributed by atoms with Crippen molar-refractivity contribution in [1.29, 1.82) is 5.26 Å². The van der Waals surface area contributed by atoms with E-state index in [1.165, 1.54) is 0 Å². The monoisotopic (exact) mass is 254 g/mol. The molecule has 0 saturated heterocycles. The highest BCUT2D eigenvalue weighted by Gasteiger charge is 2.05. The number of nitriles is 1. The average Bonchev–Trinajstić information content (AvgIpc) is 2.27. The summed E-state index contributed by atoms with van der Waals surface area (Å²) in [5, 5.41) is 12.8. The van der Waals surface area contributed by atoms with Crippen LogP contribution in [0, 0.1) is 17.2 Å². The maximum absolute atomic E-state index is 8.96. The topological polar surface area (TPSA) is 35.8 Å². The highest BCUT2D eigenvalue weighted by molar-refractivity contribution is 7.98. The molecule has 0 heterocycles. The largest absolute Gasteiger partial charge is 0.384 e. The lowest BCUT2D eigenvalue weighted by molar-refractivity contribution is 0.701. The van der Waals surface area contributed by atoms with E-state index in [0.717, 1.165) is 18.0 Å². The third kappa shape index (κ3) is 3.96. The Kier molecular flexibility index (Phi) is 5.51. The van der Waals surface area contributed by atoms with Crippen molar-refractivity contribution in [2.75, 3.05) is 23.9 Å². The van der Waals surface area contributed by atoms with E-state index in [2.05, 4.69) is 24.6 Å². The van der Waals surface area contributed by atoms with E-state index in [1.54, 1.807) is 12.1 Å². The fourth-order valence-corrected chi connectivity index (χ4v) is 2.25. The molecule has 0 radical (unpaired) electrons. The quantitative estimate of drug-likeness (QED) is 0.872. The lowest BCUT2D eigenvalue weighted by Gasteiger charge is -2.13. The highest BCUT2D eigenvalue weighted by atomic mass is 35.5. The summed E-state index contributed by atoms with van der Waals surface area (Å²) in [5.74, 6) is 1.69. The van der Waals surface area contributed by atoms with Crippen LogP contribution in [0.25, 0.3) is 0 Å². The molecule has 0 bridgehead atoms. The number of nitrogens with one attached hydrogen (secondary N) is 1. The van der Waals surface area contributed by atoms with E-state index in [0.29, 0.717) is 16.5 Å². The molecule has 0 aliphatic rings. The minimum absolute atomic E-state index is 0.581. The van der Waals surface area contributed by atoms with Gasteiger partial charge < -0.3 is 5.32 Å². The van der Waals surface area contributed by atoms with Crippen LogP contribution in [0.1, 0.15) is 12.5 Å². The molecule has 0 aliphatic heterocycles. The summed E-state index contributed by atoms with van der Waals surface area (Å²) in [5.41, 5.74) is 1.46. The summed E-state index contributed by atoms with van der Waals surface area (Å²) >= 11 is 7.66. The molecule has 1 aromatic rings. The Balaban J connectivity index is 2.64. The smallest absolute Gasteiger partial charge is 0.101 e. The van der Waals surface area contributed by atoms with Crippen molar-refractivity contribution in [2.24, 2.45) is 5.92 Å². The number of rotatable bonds is 5. The first-order valence-electron chi connectivity index (χ1n) is 5.09. The lowest BCUT2D eigenvalue weighted by Crippen LogP contribution is -2.13. The first kappa shape index (κ1) is 13.2. The Hall–Kier alpha value is -0.850. The molecule has 0 aliphatic carbocycles. The SMILES string of the molecule is CSCC(C)CNc1ccc(Cl)cc1C#N. The molecule has 0 spiro atoms. The van der Waals surface area contributed by atoms with Gasteiger partial charge in [-0.3, -0.25) is 0 Å². The van der Waals surface area contributed by atoms with Crippen molar-refractivity contribution in [3.8, 4) is 6.07 Å². The average molecular weight is 255 g/mol. The molecule has 2 nitrogen and oxygen atoms in total. The zero-order valence-electron chi connectivity index (χ0n) is 9.46. The summed E-state index contributed by atoms with van der Waals surface area (Å²) in [4.78, 5) is 0. The van der Waals surface area contributed by atoms with Gasteiger partial charge in [0.1, 0.15) is 6.07 Å². The predicted molar refractivity (Wildman–Crippen MR) is 72.2 cm³/mol. The first-order chi connectivity index (χ1) is 7.67. The molecule has 1 aromatic carbocycles. The van der Waals surface area contributed by atoms with Gasteiger partial charge in [0.15, 0.2) is 0 Å². The second-order valence-corrected chi connectivity index (χ2v) is 5.09. The second kappa shape index (κ2) is 6.67. The van der Waals surface area contributed by atoms with Gasteiger partial charge in [-0.05, 0) is 36.1 Å². The number of thioether (sulfide) groups is 1. The molecule has 0 aromatic heterocycles. The molecule has 1 N–H and O–H groups in total. The van der Waals surface area contributed by atoms with Gasteiger partial charge in [0.2, 0.25) is 0 Å². The number of hydrogen-bond acceptors (Lipinski definition) is 3. The van der Waals surface area contributed by atoms with Crippen LogP contribution in [0.15, 0.2) is 18.2 Å². The van der Waals surface area contributed by atoms with E-state index in [1.807, 2.05) is 17.8 Å². The Bertz CT molecular complexity index is 387. The molecule has 0 amide bonds. The zero-order valence-corrected chi connectivity index (χ0v) is 11.0. The van der Waals surface area contributed by atoms with E-state index in [9.17, 15) is 0 Å². The number of hydrogen-bond donors (Lipinski definition) is 1. The normalized spacial score (nSPS) is 11.9. The molecule has 0 fully saturated rings. The minimum atomic E-state index is 0.581. The summed E-state index contributed by atoms with van der Waals surface area (Å²) in [6.45, 7) is 3.06. The van der Waals surface area contributed by atoms with Gasteiger partial charge in [0.25, 0.3) is 0 Å². The van der Waals surface area contributed by atoms with Crippen LogP contribution in [0.2, 0.25) is 5.02 Å². The van der Waals surface area contributed by atoms with Crippen LogP contribution >= 0.6 is 23.4 Å². The molecule has 4 heteroatoms. The Morgan fingerprint density at radius 2 is 2.31 bits per heavy atom. The van der Waals surface area contributed by atoms with Crippen LogP contribution in [0.5, 0.6) is 0 Å². The first-order valence-corrected chi connectivity index (χ1v) is 6.87. The highest BCUT2D eigenvalue weighted by Crippen LogP contribution is 2.20. The molecule has 1 unspecified atom stereocenters. The fourth-order valence-electron chi connectivity index (χ4n) is 1.39. The van der Waals surface area contributed by atoms with Gasteiger partial charge in [0, 0.05) is 11.6 Å². The van der Waals surface area contributed by atoms with Crippen molar-refractivity contribution in [1.82, 2.24) is 0 Å². The van der Waals surface area contributed by atoms with E-state index in [-0.39, 0.29) is 0 Å². The number of nitrogens with zero attached hydrogens (tertiary/aromatic N) is 1. The van der Waals surface area contributed by atoms with Crippen LogP contribution in [-0.2, 0) is 0 Å². The third-order valence-corrected chi connectivity index (χ3v) is 3.33. The Labute approximate surface area is 106 Å². The van der Waals surface area contributed by atoms with Crippen LogP contribution in [-0.4, -0.2) is 18.6 Å². The predicted octanol–water partition coefficient (Wildman–Crippen LogP) is 3.62. The minimum Gasteiger partial charge on any atom is -0.384 e. The van der Waals surface area contributed by atoms with Crippen molar-refractivity contribution in [3.05, 3.63) is 28.8 Å². The molecule has 1 atom stereocenters. The summed E-state index contributed by atoms with van der Waals surface area (Å²) in [6.07, 6.45) is 2.10. The molecular weight excluding hydrogens is 240 g/mol. The maximum Gasteiger partial charge on any atom is 0.101 e. The number of anilines is 1. The summed E-state index contributed by atoms with van der Waals surface area (Å²) in [6, 6.07) is 7.47. The van der Waals surface area contributed by atoms with Crippen LogP contribution in [0.4, 0.5) is 5.69 Å². The maximum atomic E-state index is 8.96. The van der Waals surface area contributed by atoms with E-state index in [4.69, 9.17) is 16.9 Å². The molecule has 1 rings (SSSR count). The lowest BCUT2D eigenvalue weighted by atomic mass is 10.1. The van der Waals surface area contributed by atoms with Gasteiger partial charge >= 0.3 is 0 Å². The Morgan fingerprint density at radius 3 is 2.94 bits per heavy atom.